The molecule has 26 heavy (non-hydrogen) atoms. The number of hydrogen-bond donors (Lipinski definition) is 2. The number of halogens is 1. The van der Waals surface area contributed by atoms with E-state index in [1.807, 2.05) is 26.0 Å². The quantitative estimate of drug-likeness (QED) is 0.523. The molecule has 3 heteroatoms. The van der Waals surface area contributed by atoms with E-state index in [1.165, 1.54) is 17.0 Å². The molecule has 1 aromatic heterocycles. The van der Waals surface area contributed by atoms with Gasteiger partial charge in [-0.25, -0.2) is 4.39 Å². The van der Waals surface area contributed by atoms with Crippen molar-refractivity contribution >= 4 is 10.9 Å². The molecule has 3 aromatic rings. The predicted molar refractivity (Wildman–Crippen MR) is 111 cm³/mol. The third-order valence-electron chi connectivity index (χ3n) is 4.61. The van der Waals surface area contributed by atoms with Crippen LogP contribution in [0.25, 0.3) is 22.2 Å². The van der Waals surface area contributed by atoms with Crippen molar-refractivity contribution < 1.29 is 4.39 Å². The lowest BCUT2D eigenvalue weighted by Crippen LogP contribution is -2.26. The molecule has 2 nitrogen and oxygen atoms in total. The van der Waals surface area contributed by atoms with Crippen LogP contribution in [0.5, 0.6) is 0 Å². The van der Waals surface area contributed by atoms with Crippen molar-refractivity contribution in [3.63, 3.8) is 0 Å². The lowest BCUT2D eigenvalue weighted by molar-refractivity contribution is 0.463. The van der Waals surface area contributed by atoms with Crippen molar-refractivity contribution in [2.45, 2.75) is 32.6 Å². The number of aromatic nitrogens is 1. The summed E-state index contributed by atoms with van der Waals surface area (Å²) in [5.41, 5.74) is 4.50. The van der Waals surface area contributed by atoms with Crippen molar-refractivity contribution in [3.05, 3.63) is 73.1 Å². The summed E-state index contributed by atoms with van der Waals surface area (Å²) < 4.78 is 13.7. The van der Waals surface area contributed by atoms with Crippen LogP contribution in [0.1, 0.15) is 38.2 Å². The number of nitrogens with one attached hydrogen (secondary N) is 2. The van der Waals surface area contributed by atoms with Gasteiger partial charge in [-0.2, -0.15) is 0 Å². The van der Waals surface area contributed by atoms with Crippen molar-refractivity contribution in [1.29, 1.82) is 0 Å². The first-order chi connectivity index (χ1) is 12.8. The molecule has 2 aromatic carbocycles. The third-order valence-corrected chi connectivity index (χ3v) is 4.61. The number of H-pyrrole nitrogens is 1. The van der Waals surface area contributed by atoms with Crippen molar-refractivity contribution in [2.24, 2.45) is 0 Å². The summed E-state index contributed by atoms with van der Waals surface area (Å²) in [6, 6.07) is 15.3. The fraction of sp³-hybridized carbons (Fsp3) is 0.304. The smallest absolute Gasteiger partial charge is 0.123 e. The van der Waals surface area contributed by atoms with Crippen LogP contribution in [0.2, 0.25) is 0 Å². The lowest BCUT2D eigenvalue weighted by atomic mass is 9.86. The molecule has 0 aliphatic carbocycles. The van der Waals surface area contributed by atoms with Crippen LogP contribution in [-0.4, -0.2) is 18.1 Å². The zero-order valence-corrected chi connectivity index (χ0v) is 15.8. The first-order valence-electron chi connectivity index (χ1n) is 9.40. The molecule has 0 amide bonds. The summed E-state index contributed by atoms with van der Waals surface area (Å²) in [7, 11) is 0. The molecule has 2 heterocycles. The van der Waals surface area contributed by atoms with Gasteiger partial charge in [-0.05, 0) is 55.6 Å². The summed E-state index contributed by atoms with van der Waals surface area (Å²) in [6.45, 7) is 12.1. The van der Waals surface area contributed by atoms with Gasteiger partial charge < -0.3 is 10.3 Å². The second-order valence-electron chi connectivity index (χ2n) is 5.99. The first-order valence-corrected chi connectivity index (χ1v) is 9.40. The standard InChI is InChI=1S/C19H19FN2.C2H6.C2H4/c20-15-5-3-4-14(12-15)19-18(13-8-10-21-11-9-13)16-6-1-2-7-17(16)22-19;2*1-2/h1-7,12-13,21-22H,8-11H2;1-2H3;1-2H2. The minimum absolute atomic E-state index is 0.188. The van der Waals surface area contributed by atoms with E-state index in [0.29, 0.717) is 5.92 Å². The molecule has 2 N–H and O–H groups in total. The van der Waals surface area contributed by atoms with Gasteiger partial charge in [-0.15, -0.1) is 13.2 Å². The molecule has 0 bridgehead atoms. The summed E-state index contributed by atoms with van der Waals surface area (Å²) in [4.78, 5) is 3.52. The molecule has 1 aliphatic rings. The van der Waals surface area contributed by atoms with E-state index in [4.69, 9.17) is 0 Å². The monoisotopic (exact) mass is 352 g/mol. The number of piperidine rings is 1. The summed E-state index contributed by atoms with van der Waals surface area (Å²) in [5.74, 6) is 0.336. The van der Waals surface area contributed by atoms with Crippen molar-refractivity contribution in [3.8, 4) is 11.3 Å². The van der Waals surface area contributed by atoms with E-state index in [1.54, 1.807) is 12.1 Å². The number of aromatic amines is 1. The molecule has 4 rings (SSSR count). The fourth-order valence-corrected chi connectivity index (χ4v) is 3.57. The van der Waals surface area contributed by atoms with Gasteiger partial charge in [-0.3, -0.25) is 0 Å². The number of fused-ring (bicyclic) bond motifs is 1. The Morgan fingerprint density at radius 1 is 0.962 bits per heavy atom. The fourth-order valence-electron chi connectivity index (χ4n) is 3.57. The number of para-hydroxylation sites is 1. The molecule has 138 valence electrons. The zero-order valence-electron chi connectivity index (χ0n) is 15.8. The van der Waals surface area contributed by atoms with Gasteiger partial charge in [0.2, 0.25) is 0 Å². The molecule has 1 fully saturated rings. The number of hydrogen-bond acceptors (Lipinski definition) is 1. The molecule has 0 unspecified atom stereocenters. The highest BCUT2D eigenvalue weighted by atomic mass is 19.1. The second kappa shape index (κ2) is 9.93. The highest BCUT2D eigenvalue weighted by Crippen LogP contribution is 2.39. The first kappa shape index (κ1) is 19.9. The van der Waals surface area contributed by atoms with Crippen LogP contribution in [0.3, 0.4) is 0 Å². The van der Waals surface area contributed by atoms with E-state index < -0.39 is 0 Å². The van der Waals surface area contributed by atoms with Crippen LogP contribution >= 0.6 is 0 Å². The van der Waals surface area contributed by atoms with Crippen molar-refractivity contribution in [1.82, 2.24) is 10.3 Å². The van der Waals surface area contributed by atoms with E-state index in [9.17, 15) is 4.39 Å². The highest BCUT2D eigenvalue weighted by molar-refractivity contribution is 5.91. The Balaban J connectivity index is 0.000000570. The Bertz CT molecular complexity index is 816. The zero-order chi connectivity index (χ0) is 18.9. The maximum Gasteiger partial charge on any atom is 0.123 e. The van der Waals surface area contributed by atoms with Gasteiger partial charge in [0.1, 0.15) is 5.82 Å². The average molecular weight is 352 g/mol. The lowest BCUT2D eigenvalue weighted by Gasteiger charge is -2.24. The summed E-state index contributed by atoms with van der Waals surface area (Å²) in [6.07, 6.45) is 2.26. The Labute approximate surface area is 156 Å². The van der Waals surface area contributed by atoms with Gasteiger partial charge in [0.05, 0.1) is 5.69 Å². The summed E-state index contributed by atoms with van der Waals surface area (Å²) in [5, 5.41) is 4.69. The van der Waals surface area contributed by atoms with E-state index >= 15 is 0 Å². The molecule has 0 atom stereocenters. The van der Waals surface area contributed by atoms with Crippen LogP contribution < -0.4 is 5.32 Å². The van der Waals surface area contributed by atoms with Crippen LogP contribution in [-0.2, 0) is 0 Å². The topological polar surface area (TPSA) is 27.8 Å². The SMILES string of the molecule is C=C.CC.Fc1cccc(-c2[nH]c3ccccc3c2C2CCNCC2)c1. The molecular formula is C23H29FN2. The van der Waals surface area contributed by atoms with Gasteiger partial charge in [0, 0.05) is 16.5 Å². The van der Waals surface area contributed by atoms with Crippen LogP contribution in [0.4, 0.5) is 4.39 Å². The normalized spacial score (nSPS) is 14.1. The molecule has 1 aliphatic heterocycles. The molecule has 0 spiro atoms. The highest BCUT2D eigenvalue weighted by Gasteiger charge is 2.23. The third kappa shape index (κ3) is 4.23. The van der Waals surface area contributed by atoms with Gasteiger partial charge >= 0.3 is 0 Å². The Morgan fingerprint density at radius 3 is 2.35 bits per heavy atom. The minimum atomic E-state index is -0.188. The maximum absolute atomic E-state index is 13.7. The van der Waals surface area contributed by atoms with E-state index in [0.717, 1.165) is 42.7 Å². The Morgan fingerprint density at radius 2 is 1.65 bits per heavy atom. The minimum Gasteiger partial charge on any atom is -0.354 e. The van der Waals surface area contributed by atoms with Gasteiger partial charge in [-0.1, -0.05) is 44.2 Å². The molecule has 1 saturated heterocycles. The van der Waals surface area contributed by atoms with Gasteiger partial charge in [0.15, 0.2) is 0 Å². The number of benzene rings is 2. The maximum atomic E-state index is 13.7. The average Bonchev–Trinajstić information content (AvgIpc) is 3.11. The summed E-state index contributed by atoms with van der Waals surface area (Å²) >= 11 is 0. The predicted octanol–water partition coefficient (Wildman–Crippen LogP) is 6.27. The second-order valence-corrected chi connectivity index (χ2v) is 5.99. The Hall–Kier alpha value is -2.39. The van der Waals surface area contributed by atoms with E-state index in [2.05, 4.69) is 41.7 Å². The molecular weight excluding hydrogens is 323 g/mol. The number of rotatable bonds is 2. The molecule has 0 saturated carbocycles. The van der Waals surface area contributed by atoms with Crippen molar-refractivity contribution in [2.75, 3.05) is 13.1 Å². The van der Waals surface area contributed by atoms with E-state index in [-0.39, 0.29) is 5.82 Å². The largest absolute Gasteiger partial charge is 0.354 e. The van der Waals surface area contributed by atoms with Crippen LogP contribution in [0.15, 0.2) is 61.7 Å². The van der Waals surface area contributed by atoms with Crippen LogP contribution in [0, 0.1) is 5.82 Å². The Kier molecular flexibility index (Phi) is 7.61. The molecule has 0 radical (unpaired) electrons. The van der Waals surface area contributed by atoms with Gasteiger partial charge in [0.25, 0.3) is 0 Å².